The maximum absolute atomic E-state index is 15.2. The number of aliphatic carboxylic acids is 2. The SMILES string of the molecule is CC(C)C[C@@H]1NC(=O)[C@H](Cc2cnc[nH]2)NC(=O)[C@@H]2CCCSSCC[C@H](NC(=O)[C@H](CC(C)C)NC(=O)[C@H](CCC(=O)O)NC(=O)CCC1=O)C(=O)N[C@@H](Cc1c[nH]c3ccccc13)C(=O)N[C@H](C(=O)N[C@H](C(N)=O)[C@@H](C)O)CSSC[C@H](NC(=O)[C@H](CC(=O)O)NC(C)(C)C)C(=O)N[C@@H](C)C(=O)N2. The smallest absolute Gasteiger partial charge is 0.305 e. The molecule has 19 N–H and O–H groups in total. The first-order chi connectivity index (χ1) is 49.5. The molecule has 3 aromatic rings. The Bertz CT molecular complexity index is 3540. The number of carbonyl (C=O) groups is 15. The molecule has 4 heterocycles. The molecule has 2 fully saturated rings. The molecule has 0 unspecified atom stereocenters. The van der Waals surface area contributed by atoms with Crippen LogP contribution in [0, 0.1) is 11.8 Å². The second-order valence-electron chi connectivity index (χ2n) is 27.7. The van der Waals surface area contributed by atoms with Gasteiger partial charge in [-0.15, -0.1) is 0 Å². The average Bonchev–Trinajstić information content (AvgIpc) is 1.72. The zero-order chi connectivity index (χ0) is 77.8. The molecule has 0 aliphatic carbocycles. The monoisotopic (exact) mass is 1540 g/mol. The third kappa shape index (κ3) is 30.1. The maximum Gasteiger partial charge on any atom is 0.305 e. The Balaban J connectivity index is 1.71. The maximum atomic E-state index is 15.2. The fourth-order valence-electron chi connectivity index (χ4n) is 11.2. The van der Waals surface area contributed by atoms with Crippen LogP contribution < -0.4 is 69.5 Å². The molecule has 580 valence electrons. The van der Waals surface area contributed by atoms with Crippen molar-refractivity contribution in [1.82, 2.24) is 78.8 Å². The van der Waals surface area contributed by atoms with Crippen molar-refractivity contribution < 1.29 is 87.2 Å². The summed E-state index contributed by atoms with van der Waals surface area (Å²) < 4.78 is 0. The Hall–Kier alpha value is -8.46. The average molecular weight is 1550 g/mol. The molecule has 0 saturated carbocycles. The predicted octanol–water partition coefficient (Wildman–Crippen LogP) is -0.607. The number of carboxylic acid groups (broad SMARTS) is 2. The van der Waals surface area contributed by atoms with E-state index in [2.05, 4.69) is 78.8 Å². The topological polar surface area (TPSA) is 532 Å². The number of benzene rings is 1. The number of nitrogens with zero attached hydrogens (tertiary/aromatic N) is 1. The number of ketones is 1. The van der Waals surface area contributed by atoms with Crippen LogP contribution in [0.2, 0.25) is 0 Å². The van der Waals surface area contributed by atoms with Crippen LogP contribution in [0.4, 0.5) is 0 Å². The molecule has 2 bridgehead atoms. The third-order valence-corrected chi connectivity index (χ3v) is 21.5. The summed E-state index contributed by atoms with van der Waals surface area (Å²) in [4.78, 5) is 222. The van der Waals surface area contributed by atoms with Crippen molar-refractivity contribution in [2.75, 3.05) is 23.0 Å². The van der Waals surface area contributed by atoms with Crippen molar-refractivity contribution in [2.24, 2.45) is 17.6 Å². The summed E-state index contributed by atoms with van der Waals surface area (Å²) in [6.45, 7) is 14.5. The number of imidazole rings is 1. The first-order valence-electron chi connectivity index (χ1n) is 34.5. The van der Waals surface area contributed by atoms with Gasteiger partial charge in [-0.1, -0.05) is 89.1 Å². The van der Waals surface area contributed by atoms with Gasteiger partial charge < -0.3 is 94.8 Å². The normalized spacial score (nSPS) is 24.6. The van der Waals surface area contributed by atoms with Gasteiger partial charge in [-0.3, -0.25) is 71.9 Å². The minimum Gasteiger partial charge on any atom is -0.481 e. The van der Waals surface area contributed by atoms with Gasteiger partial charge in [-0.2, -0.15) is 0 Å². The van der Waals surface area contributed by atoms with Crippen LogP contribution >= 0.6 is 43.2 Å². The number of aliphatic hydroxyl groups excluding tert-OH is 1. The standard InChI is InChI=1S/C67H100N16O18S4/c1-33(2)23-44-51(85)17-18-52(86)73-42(16-19-53(87)88)59(94)77-45(24-34(3)4)61(96)75-43-20-22-103-102-21-12-15-41(58(93)79-47(63(98)76-44)26-38-29-69-32-71-38)74-57(92)35(5)72-65(100)49(81-64(99)48(27-54(89)90)83-67(7,8)9)30-104-105-31-50(66(101)82-55(36(6)84)56(68)91)80-62(97)46(78-60(43)95)25-37-28-70-40-14-11-10-13-39(37)40/h10-11,13-14,28-29,32-36,41-50,55,70,83-84H,12,15-27,30-31H2,1-9H3,(H2,68,91)(H,69,71)(H,72,100)(H,73,86)(H,74,92)(H,75,96)(H,76,98)(H,77,94)(H,78,95)(H,79,93)(H,80,97)(H,81,99)(H,82,101)(H,87,88)(H,89,90)/t35-,36+,41-,42-,43-,44-,45-,46-,47-,48-,49-,50-,55-/m0/s1. The highest BCUT2D eigenvalue weighted by atomic mass is 33.1. The summed E-state index contributed by atoms with van der Waals surface area (Å²) in [6, 6.07) is -11.3. The highest BCUT2D eigenvalue weighted by molar-refractivity contribution is 8.77. The fraction of sp³-hybridized carbons (Fsp3) is 0.612. The molecule has 12 amide bonds. The molecule has 0 radical (unpaired) electrons. The number of carbonyl (C=O) groups excluding carboxylic acids is 13. The van der Waals surface area contributed by atoms with E-state index >= 15 is 9.59 Å². The predicted molar refractivity (Wildman–Crippen MR) is 395 cm³/mol. The van der Waals surface area contributed by atoms with E-state index in [1.165, 1.54) is 48.0 Å². The van der Waals surface area contributed by atoms with Gasteiger partial charge >= 0.3 is 11.9 Å². The number of nitrogens with one attached hydrogen (secondary N) is 14. The number of fused-ring (bicyclic) bond motifs is 9. The van der Waals surface area contributed by atoms with Crippen LogP contribution in [-0.2, 0) is 84.8 Å². The van der Waals surface area contributed by atoms with Gasteiger partial charge in [0.1, 0.15) is 60.4 Å². The summed E-state index contributed by atoms with van der Waals surface area (Å²) in [5, 5.41) is 62.7. The Morgan fingerprint density at radius 2 is 1.23 bits per heavy atom. The second kappa shape index (κ2) is 42.6. The molecule has 5 rings (SSSR count). The third-order valence-electron chi connectivity index (χ3n) is 16.5. The number of hydrogen-bond acceptors (Lipinski definition) is 22. The highest BCUT2D eigenvalue weighted by Gasteiger charge is 2.38. The molecule has 34 nitrogen and oxygen atoms in total. The molecule has 0 spiro atoms. The molecule has 38 heteroatoms. The molecular weight excluding hydrogens is 1450 g/mol. The lowest BCUT2D eigenvalue weighted by Gasteiger charge is -2.29. The minimum atomic E-state index is -1.71. The Morgan fingerprint density at radius 1 is 0.638 bits per heavy atom. The van der Waals surface area contributed by atoms with E-state index < -0.39 is 216 Å². The number of hydrogen-bond donors (Lipinski definition) is 18. The summed E-state index contributed by atoms with van der Waals surface area (Å²) >= 11 is 0. The molecule has 105 heavy (non-hydrogen) atoms. The number of aliphatic hydroxyl groups is 1. The van der Waals surface area contributed by atoms with Crippen molar-refractivity contribution in [1.29, 1.82) is 0 Å². The first-order valence-corrected chi connectivity index (χ1v) is 39.5. The van der Waals surface area contributed by atoms with Crippen LogP contribution in [0.15, 0.2) is 43.0 Å². The second-order valence-corrected chi connectivity index (χ2v) is 32.9. The van der Waals surface area contributed by atoms with E-state index in [1.54, 1.807) is 78.9 Å². The summed E-state index contributed by atoms with van der Waals surface area (Å²) in [5.74, 6) is -16.0. The van der Waals surface area contributed by atoms with E-state index in [4.69, 9.17) is 5.73 Å². The number of amides is 12. The van der Waals surface area contributed by atoms with Crippen LogP contribution in [0.1, 0.15) is 138 Å². The first kappa shape index (κ1) is 87.2. The van der Waals surface area contributed by atoms with Gasteiger partial charge in [0.05, 0.1) is 30.9 Å². The molecule has 2 aliphatic heterocycles. The van der Waals surface area contributed by atoms with E-state index in [1.807, 2.05) is 0 Å². The van der Waals surface area contributed by atoms with Gasteiger partial charge in [0.2, 0.25) is 70.9 Å². The van der Waals surface area contributed by atoms with Crippen molar-refractivity contribution in [3.8, 4) is 0 Å². The number of carboxylic acids is 2. The zero-order valence-electron chi connectivity index (χ0n) is 60.1. The molecular formula is C67H100N16O18S4. The lowest BCUT2D eigenvalue weighted by atomic mass is 9.96. The highest BCUT2D eigenvalue weighted by Crippen LogP contribution is 2.27. The van der Waals surface area contributed by atoms with E-state index in [0.29, 0.717) is 22.2 Å². The summed E-state index contributed by atoms with van der Waals surface area (Å²) in [6.07, 6.45) is -0.819. The van der Waals surface area contributed by atoms with Gasteiger partial charge in [0.25, 0.3) is 0 Å². The van der Waals surface area contributed by atoms with Crippen molar-refractivity contribution in [3.05, 3.63) is 54.2 Å². The number of H-pyrrole nitrogens is 2. The molecule has 13 atom stereocenters. The number of aromatic nitrogens is 3. The van der Waals surface area contributed by atoms with Crippen molar-refractivity contribution in [3.63, 3.8) is 0 Å². The van der Waals surface area contributed by atoms with Gasteiger partial charge in [-0.05, 0) is 96.6 Å². The number of para-hydroxylation sites is 1. The number of Topliss-reactive ketones (excluding diaryl/α,β-unsaturated/α-hetero) is 1. The summed E-state index contributed by atoms with van der Waals surface area (Å²) in [5.41, 5.74) is 6.24. The lowest BCUT2D eigenvalue weighted by molar-refractivity contribution is -0.140. The van der Waals surface area contributed by atoms with Crippen LogP contribution in [0.25, 0.3) is 10.9 Å². The van der Waals surface area contributed by atoms with E-state index in [-0.39, 0.29) is 68.3 Å². The number of nitrogens with two attached hydrogens (primary N) is 1. The Kier molecular flexibility index (Phi) is 35.4. The number of rotatable bonds is 20. The minimum absolute atomic E-state index is 0.0465. The quantitative estimate of drug-likeness (QED) is 0.0628. The molecule has 2 aromatic heterocycles. The Labute approximate surface area is 623 Å². The molecule has 1 aromatic carbocycles. The van der Waals surface area contributed by atoms with Crippen molar-refractivity contribution in [2.45, 2.75) is 224 Å². The number of aromatic amines is 2. The largest absolute Gasteiger partial charge is 0.481 e. The fourth-order valence-corrected chi connectivity index (χ4v) is 15.7. The Morgan fingerprint density at radius 3 is 1.86 bits per heavy atom. The van der Waals surface area contributed by atoms with Crippen LogP contribution in [0.3, 0.4) is 0 Å². The van der Waals surface area contributed by atoms with Gasteiger partial charge in [0.15, 0.2) is 5.78 Å². The lowest BCUT2D eigenvalue weighted by Crippen LogP contribution is -2.61. The van der Waals surface area contributed by atoms with Gasteiger partial charge in [0, 0.05) is 89.6 Å². The van der Waals surface area contributed by atoms with E-state index in [0.717, 1.165) is 21.6 Å². The molecule has 2 saturated heterocycles. The van der Waals surface area contributed by atoms with Crippen LogP contribution in [-0.4, -0.2) is 226 Å². The summed E-state index contributed by atoms with van der Waals surface area (Å²) in [7, 11) is 4.18. The molecule has 2 aliphatic rings. The van der Waals surface area contributed by atoms with E-state index in [9.17, 15) is 77.6 Å². The van der Waals surface area contributed by atoms with Gasteiger partial charge in [-0.25, -0.2) is 4.98 Å². The number of primary amides is 1. The zero-order valence-corrected chi connectivity index (χ0v) is 63.4. The van der Waals surface area contributed by atoms with Crippen molar-refractivity contribution >= 4 is 143 Å². The van der Waals surface area contributed by atoms with Crippen LogP contribution in [0.5, 0.6) is 0 Å².